The van der Waals surface area contributed by atoms with Gasteiger partial charge in [0, 0.05) is 30.7 Å². The molecule has 0 aliphatic heterocycles. The Morgan fingerprint density at radius 2 is 2.00 bits per heavy atom. The van der Waals surface area contributed by atoms with Gasteiger partial charge in [-0.3, -0.25) is 0 Å². The van der Waals surface area contributed by atoms with Crippen molar-refractivity contribution in [3.8, 4) is 0 Å². The topological polar surface area (TPSA) is 61.3 Å². The monoisotopic (exact) mass is 272 g/mol. The molecule has 0 radical (unpaired) electrons. The van der Waals surface area contributed by atoms with Gasteiger partial charge in [-0.15, -0.1) is 0 Å². The van der Waals surface area contributed by atoms with Crippen molar-refractivity contribution in [3.63, 3.8) is 0 Å². The highest BCUT2D eigenvalue weighted by atomic mass is 16.3. The number of nitrogens with one attached hydrogen (secondary N) is 1. The van der Waals surface area contributed by atoms with Crippen molar-refractivity contribution in [2.75, 3.05) is 29.9 Å². The molecule has 2 aromatic rings. The number of anilines is 2. The zero-order chi connectivity index (χ0) is 14.2. The fourth-order valence-electron chi connectivity index (χ4n) is 2.00. The van der Waals surface area contributed by atoms with Crippen LogP contribution in [0.4, 0.5) is 11.4 Å². The first-order chi connectivity index (χ1) is 9.83. The van der Waals surface area contributed by atoms with Crippen LogP contribution in [-0.2, 0) is 6.54 Å². The minimum absolute atomic E-state index is 0.168. The maximum atomic E-state index is 9.03. The van der Waals surface area contributed by atoms with Gasteiger partial charge in [-0.25, -0.2) is 9.97 Å². The largest absolute Gasteiger partial charge is 0.395 e. The standard InChI is InChI=1S/C15H20N4O/c1-2-19(9-10-20)15-5-3-13(4-6-15)17-11-14-7-8-16-12-18-14/h3-8,12,17,20H,2,9-11H2,1H3. The number of hydrogen-bond donors (Lipinski definition) is 2. The number of aliphatic hydroxyl groups is 1. The van der Waals surface area contributed by atoms with Gasteiger partial charge >= 0.3 is 0 Å². The second-order valence-corrected chi connectivity index (χ2v) is 4.40. The first-order valence-corrected chi connectivity index (χ1v) is 6.78. The van der Waals surface area contributed by atoms with Crippen molar-refractivity contribution < 1.29 is 5.11 Å². The van der Waals surface area contributed by atoms with Crippen LogP contribution in [0.2, 0.25) is 0 Å². The quantitative estimate of drug-likeness (QED) is 0.806. The predicted octanol–water partition coefficient (Wildman–Crippen LogP) is 1.91. The third kappa shape index (κ3) is 3.93. The van der Waals surface area contributed by atoms with Gasteiger partial charge in [0.15, 0.2) is 0 Å². The van der Waals surface area contributed by atoms with Gasteiger partial charge < -0.3 is 15.3 Å². The van der Waals surface area contributed by atoms with Crippen LogP contribution < -0.4 is 10.2 Å². The number of rotatable bonds is 7. The Labute approximate surface area is 119 Å². The highest BCUT2D eigenvalue weighted by Crippen LogP contribution is 2.18. The van der Waals surface area contributed by atoms with Gasteiger partial charge in [0.2, 0.25) is 0 Å². The van der Waals surface area contributed by atoms with Gasteiger partial charge in [0.25, 0.3) is 0 Å². The summed E-state index contributed by atoms with van der Waals surface area (Å²) in [5.74, 6) is 0. The molecule has 0 atom stereocenters. The number of aromatic nitrogens is 2. The smallest absolute Gasteiger partial charge is 0.115 e. The van der Waals surface area contributed by atoms with Crippen LogP contribution in [0.3, 0.4) is 0 Å². The molecule has 0 bridgehead atoms. The van der Waals surface area contributed by atoms with Gasteiger partial charge in [-0.05, 0) is 37.3 Å². The van der Waals surface area contributed by atoms with Crippen molar-refractivity contribution in [2.24, 2.45) is 0 Å². The highest BCUT2D eigenvalue weighted by molar-refractivity contribution is 5.55. The van der Waals surface area contributed by atoms with E-state index in [-0.39, 0.29) is 6.61 Å². The molecule has 0 saturated heterocycles. The van der Waals surface area contributed by atoms with Crippen molar-refractivity contribution in [2.45, 2.75) is 13.5 Å². The SMILES string of the molecule is CCN(CCO)c1ccc(NCc2ccncn2)cc1. The van der Waals surface area contributed by atoms with E-state index in [4.69, 9.17) is 5.11 Å². The minimum Gasteiger partial charge on any atom is -0.395 e. The number of aliphatic hydroxyl groups excluding tert-OH is 1. The Bertz CT molecular complexity index is 501. The van der Waals surface area contributed by atoms with E-state index in [0.29, 0.717) is 13.1 Å². The van der Waals surface area contributed by atoms with Crippen molar-refractivity contribution in [1.82, 2.24) is 9.97 Å². The van der Waals surface area contributed by atoms with Crippen LogP contribution in [0.25, 0.3) is 0 Å². The molecular formula is C15H20N4O. The van der Waals surface area contributed by atoms with E-state index in [0.717, 1.165) is 23.6 Å². The molecule has 1 aromatic heterocycles. The molecule has 5 heteroatoms. The van der Waals surface area contributed by atoms with E-state index in [9.17, 15) is 0 Å². The highest BCUT2D eigenvalue weighted by Gasteiger charge is 2.03. The molecule has 5 nitrogen and oxygen atoms in total. The fourth-order valence-corrected chi connectivity index (χ4v) is 2.00. The molecule has 2 rings (SSSR count). The van der Waals surface area contributed by atoms with Gasteiger partial charge in [-0.1, -0.05) is 0 Å². The fraction of sp³-hybridized carbons (Fsp3) is 0.333. The van der Waals surface area contributed by atoms with Crippen LogP contribution in [-0.4, -0.2) is 34.8 Å². The third-order valence-corrected chi connectivity index (χ3v) is 3.10. The lowest BCUT2D eigenvalue weighted by Gasteiger charge is -2.22. The summed E-state index contributed by atoms with van der Waals surface area (Å²) >= 11 is 0. The number of benzene rings is 1. The van der Waals surface area contributed by atoms with Gasteiger partial charge in [-0.2, -0.15) is 0 Å². The van der Waals surface area contributed by atoms with E-state index in [1.54, 1.807) is 12.5 Å². The van der Waals surface area contributed by atoms with Crippen molar-refractivity contribution in [1.29, 1.82) is 0 Å². The lowest BCUT2D eigenvalue weighted by molar-refractivity contribution is 0.302. The first-order valence-electron chi connectivity index (χ1n) is 6.78. The Morgan fingerprint density at radius 1 is 1.20 bits per heavy atom. The Hall–Kier alpha value is -2.14. The average molecular weight is 272 g/mol. The molecule has 106 valence electrons. The maximum absolute atomic E-state index is 9.03. The second-order valence-electron chi connectivity index (χ2n) is 4.40. The zero-order valence-electron chi connectivity index (χ0n) is 11.7. The average Bonchev–Trinajstić information content (AvgIpc) is 2.52. The summed E-state index contributed by atoms with van der Waals surface area (Å²) < 4.78 is 0. The molecule has 0 fully saturated rings. The van der Waals surface area contributed by atoms with Gasteiger partial charge in [0.1, 0.15) is 6.33 Å². The van der Waals surface area contributed by atoms with E-state index >= 15 is 0 Å². The molecular weight excluding hydrogens is 252 g/mol. The summed E-state index contributed by atoms with van der Waals surface area (Å²) in [6.45, 7) is 4.47. The first kappa shape index (κ1) is 14.3. The predicted molar refractivity (Wildman–Crippen MR) is 80.8 cm³/mol. The lowest BCUT2D eigenvalue weighted by atomic mass is 10.2. The summed E-state index contributed by atoms with van der Waals surface area (Å²) in [6.07, 6.45) is 3.29. The van der Waals surface area contributed by atoms with Crippen LogP contribution in [0.5, 0.6) is 0 Å². The van der Waals surface area contributed by atoms with E-state index < -0.39 is 0 Å². The molecule has 0 amide bonds. The maximum Gasteiger partial charge on any atom is 0.115 e. The summed E-state index contributed by atoms with van der Waals surface area (Å²) in [6, 6.07) is 10.1. The van der Waals surface area contributed by atoms with Crippen LogP contribution >= 0.6 is 0 Å². The van der Waals surface area contributed by atoms with Crippen molar-refractivity contribution >= 4 is 11.4 Å². The lowest BCUT2D eigenvalue weighted by Crippen LogP contribution is -2.25. The van der Waals surface area contributed by atoms with Gasteiger partial charge in [0.05, 0.1) is 18.8 Å². The summed E-state index contributed by atoms with van der Waals surface area (Å²) in [5.41, 5.74) is 3.13. The molecule has 1 heterocycles. The third-order valence-electron chi connectivity index (χ3n) is 3.10. The molecule has 20 heavy (non-hydrogen) atoms. The summed E-state index contributed by atoms with van der Waals surface area (Å²) in [4.78, 5) is 10.2. The van der Waals surface area contributed by atoms with Crippen LogP contribution in [0, 0.1) is 0 Å². The Balaban J connectivity index is 1.94. The number of hydrogen-bond acceptors (Lipinski definition) is 5. The molecule has 0 unspecified atom stereocenters. The second kappa shape index (κ2) is 7.45. The Morgan fingerprint density at radius 3 is 2.60 bits per heavy atom. The minimum atomic E-state index is 0.168. The van der Waals surface area contributed by atoms with E-state index in [1.807, 2.05) is 18.2 Å². The molecule has 0 saturated carbocycles. The zero-order valence-corrected chi connectivity index (χ0v) is 11.7. The van der Waals surface area contributed by atoms with Crippen molar-refractivity contribution in [3.05, 3.63) is 48.5 Å². The van der Waals surface area contributed by atoms with E-state index in [1.165, 1.54) is 0 Å². The molecule has 0 aliphatic carbocycles. The normalized spacial score (nSPS) is 10.3. The molecule has 2 N–H and O–H groups in total. The van der Waals surface area contributed by atoms with Crippen LogP contribution in [0.15, 0.2) is 42.9 Å². The number of nitrogens with zero attached hydrogens (tertiary/aromatic N) is 3. The molecule has 0 spiro atoms. The van der Waals surface area contributed by atoms with Crippen LogP contribution in [0.1, 0.15) is 12.6 Å². The summed E-state index contributed by atoms with van der Waals surface area (Å²) in [7, 11) is 0. The number of likely N-dealkylation sites (N-methyl/N-ethyl adjacent to an activating group) is 1. The molecule has 1 aromatic carbocycles. The van der Waals surface area contributed by atoms with E-state index in [2.05, 4.69) is 39.2 Å². The summed E-state index contributed by atoms with van der Waals surface area (Å²) in [5, 5.41) is 12.3. The molecule has 0 aliphatic rings. The Kier molecular flexibility index (Phi) is 5.32.